The third kappa shape index (κ3) is 6.52. The number of nitrogens with one attached hydrogen (secondary N) is 1. The Kier molecular flexibility index (Phi) is 8.16. The van der Waals surface area contributed by atoms with Crippen molar-refractivity contribution in [2.75, 3.05) is 6.61 Å². The van der Waals surface area contributed by atoms with Gasteiger partial charge in [-0.2, -0.15) is 5.10 Å². The summed E-state index contributed by atoms with van der Waals surface area (Å²) >= 11 is 5.92. The third-order valence-electron chi connectivity index (χ3n) is 3.94. The molecule has 0 saturated heterocycles. The highest BCUT2D eigenvalue weighted by molar-refractivity contribution is 6.30. The molecule has 1 N–H and O–H groups in total. The number of hydrogen-bond donors (Lipinski definition) is 1. The number of carbonyl (C=O) groups is 1. The second kappa shape index (κ2) is 10.6. The van der Waals surface area contributed by atoms with Gasteiger partial charge in [0.05, 0.1) is 5.71 Å². The lowest BCUT2D eigenvalue weighted by Crippen LogP contribution is -2.26. The summed E-state index contributed by atoms with van der Waals surface area (Å²) in [4.78, 5) is 12.1. The largest absolute Gasteiger partial charge is 0.483 e. The molecule has 0 bridgehead atoms. The molecular weight excluding hydrogens is 348 g/mol. The molecule has 0 radical (unpaired) electrons. The Balaban J connectivity index is 1.95. The molecule has 1 amide bonds. The van der Waals surface area contributed by atoms with E-state index in [9.17, 15) is 4.79 Å². The highest BCUT2D eigenvalue weighted by Crippen LogP contribution is 2.21. The highest BCUT2D eigenvalue weighted by atomic mass is 35.5. The van der Waals surface area contributed by atoms with Gasteiger partial charge in [0.15, 0.2) is 6.61 Å². The van der Waals surface area contributed by atoms with E-state index in [1.165, 1.54) is 0 Å². The number of benzene rings is 2. The highest BCUT2D eigenvalue weighted by Gasteiger charge is 2.07. The van der Waals surface area contributed by atoms with Gasteiger partial charge in [-0.25, -0.2) is 5.43 Å². The molecule has 4 nitrogen and oxygen atoms in total. The van der Waals surface area contributed by atoms with Crippen molar-refractivity contribution >= 4 is 23.2 Å². The van der Waals surface area contributed by atoms with Gasteiger partial charge < -0.3 is 4.74 Å². The molecule has 0 aliphatic rings. The molecule has 26 heavy (non-hydrogen) atoms. The second-order valence-electron chi connectivity index (χ2n) is 6.12. The first-order chi connectivity index (χ1) is 12.6. The number of halogens is 1. The number of amides is 1. The van der Waals surface area contributed by atoms with Gasteiger partial charge in [0.1, 0.15) is 5.75 Å². The molecule has 0 heterocycles. The zero-order valence-electron chi connectivity index (χ0n) is 15.3. The van der Waals surface area contributed by atoms with E-state index >= 15 is 0 Å². The SMILES string of the molecule is CCCCCC(=NNC(=O)COc1ccc(Cl)cc1C)c1ccccc1. The Bertz CT molecular complexity index is 745. The number of rotatable bonds is 9. The summed E-state index contributed by atoms with van der Waals surface area (Å²) in [6.07, 6.45) is 4.15. The lowest BCUT2D eigenvalue weighted by atomic mass is 10.0. The summed E-state index contributed by atoms with van der Waals surface area (Å²) in [5.41, 5.74) is 5.41. The molecule has 0 unspecified atom stereocenters. The van der Waals surface area contributed by atoms with Crippen molar-refractivity contribution in [2.45, 2.75) is 39.5 Å². The molecule has 0 saturated carbocycles. The molecule has 2 rings (SSSR count). The zero-order chi connectivity index (χ0) is 18.8. The van der Waals surface area contributed by atoms with Crippen LogP contribution in [-0.4, -0.2) is 18.2 Å². The number of hydrazone groups is 1. The maximum atomic E-state index is 12.1. The smallest absolute Gasteiger partial charge is 0.277 e. The maximum absolute atomic E-state index is 12.1. The maximum Gasteiger partial charge on any atom is 0.277 e. The fourth-order valence-corrected chi connectivity index (χ4v) is 2.74. The lowest BCUT2D eigenvalue weighted by Gasteiger charge is -2.10. The van der Waals surface area contributed by atoms with Crippen LogP contribution in [-0.2, 0) is 4.79 Å². The van der Waals surface area contributed by atoms with Crippen molar-refractivity contribution < 1.29 is 9.53 Å². The number of unbranched alkanes of at least 4 members (excludes halogenated alkanes) is 2. The van der Waals surface area contributed by atoms with Gasteiger partial charge in [-0.05, 0) is 49.1 Å². The van der Waals surface area contributed by atoms with Crippen LogP contribution in [0.5, 0.6) is 5.75 Å². The van der Waals surface area contributed by atoms with Gasteiger partial charge in [-0.3, -0.25) is 4.79 Å². The summed E-state index contributed by atoms with van der Waals surface area (Å²) < 4.78 is 5.55. The summed E-state index contributed by atoms with van der Waals surface area (Å²) in [6.45, 7) is 3.96. The predicted molar refractivity (Wildman–Crippen MR) is 107 cm³/mol. The molecule has 2 aromatic carbocycles. The van der Waals surface area contributed by atoms with Crippen molar-refractivity contribution in [1.29, 1.82) is 0 Å². The minimum Gasteiger partial charge on any atom is -0.483 e. The molecule has 5 heteroatoms. The van der Waals surface area contributed by atoms with Crippen LogP contribution >= 0.6 is 11.6 Å². The van der Waals surface area contributed by atoms with E-state index in [4.69, 9.17) is 16.3 Å². The third-order valence-corrected chi connectivity index (χ3v) is 4.17. The second-order valence-corrected chi connectivity index (χ2v) is 6.55. The normalized spacial score (nSPS) is 11.3. The molecule has 0 fully saturated rings. The van der Waals surface area contributed by atoms with Gasteiger partial charge in [-0.15, -0.1) is 0 Å². The number of carbonyl (C=O) groups excluding carboxylic acids is 1. The van der Waals surface area contributed by atoms with E-state index < -0.39 is 0 Å². The number of aryl methyl sites for hydroxylation is 1. The minimum atomic E-state index is -0.289. The van der Waals surface area contributed by atoms with Crippen LogP contribution in [0.1, 0.15) is 43.7 Å². The molecule has 0 aromatic heterocycles. The standard InChI is InChI=1S/C21H25ClN2O2/c1-3-4-6-11-19(17-9-7-5-8-10-17)23-24-21(25)15-26-20-13-12-18(22)14-16(20)2/h5,7-10,12-14H,3-4,6,11,15H2,1-2H3,(H,24,25). The van der Waals surface area contributed by atoms with Crippen LogP contribution in [0, 0.1) is 6.92 Å². The summed E-state index contributed by atoms with van der Waals surface area (Å²) in [5, 5.41) is 4.97. The fourth-order valence-electron chi connectivity index (χ4n) is 2.52. The van der Waals surface area contributed by atoms with E-state index in [-0.39, 0.29) is 12.5 Å². The van der Waals surface area contributed by atoms with Crippen LogP contribution in [0.3, 0.4) is 0 Å². The van der Waals surface area contributed by atoms with Gasteiger partial charge in [-0.1, -0.05) is 61.7 Å². The van der Waals surface area contributed by atoms with E-state index in [0.717, 1.165) is 42.5 Å². The number of nitrogens with zero attached hydrogens (tertiary/aromatic N) is 1. The summed E-state index contributed by atoms with van der Waals surface area (Å²) in [6, 6.07) is 15.2. The first-order valence-electron chi connectivity index (χ1n) is 8.90. The Morgan fingerprint density at radius 2 is 1.92 bits per heavy atom. The van der Waals surface area contributed by atoms with Crippen molar-refractivity contribution in [3.63, 3.8) is 0 Å². The Morgan fingerprint density at radius 1 is 1.15 bits per heavy atom. The number of hydrogen-bond acceptors (Lipinski definition) is 3. The van der Waals surface area contributed by atoms with Gasteiger partial charge in [0, 0.05) is 5.02 Å². The van der Waals surface area contributed by atoms with E-state index in [2.05, 4.69) is 17.5 Å². The fraction of sp³-hybridized carbons (Fsp3) is 0.333. The lowest BCUT2D eigenvalue weighted by molar-refractivity contribution is -0.123. The Labute approximate surface area is 160 Å². The van der Waals surface area contributed by atoms with Crippen LogP contribution in [0.4, 0.5) is 0 Å². The average Bonchev–Trinajstić information content (AvgIpc) is 2.64. The molecule has 0 aliphatic heterocycles. The molecule has 138 valence electrons. The van der Waals surface area contributed by atoms with E-state index in [1.807, 2.05) is 37.3 Å². The minimum absolute atomic E-state index is 0.0942. The van der Waals surface area contributed by atoms with Gasteiger partial charge in [0.2, 0.25) is 0 Å². The van der Waals surface area contributed by atoms with Crippen molar-refractivity contribution in [3.8, 4) is 5.75 Å². The first-order valence-corrected chi connectivity index (χ1v) is 9.27. The van der Waals surface area contributed by atoms with Gasteiger partial charge >= 0.3 is 0 Å². The Hall–Kier alpha value is -2.33. The van der Waals surface area contributed by atoms with Crippen molar-refractivity contribution in [2.24, 2.45) is 5.10 Å². The van der Waals surface area contributed by atoms with Crippen LogP contribution < -0.4 is 10.2 Å². The van der Waals surface area contributed by atoms with E-state index in [1.54, 1.807) is 18.2 Å². The summed E-state index contributed by atoms with van der Waals surface area (Å²) in [7, 11) is 0. The van der Waals surface area contributed by atoms with Crippen LogP contribution in [0.25, 0.3) is 0 Å². The molecule has 2 aromatic rings. The summed E-state index contributed by atoms with van der Waals surface area (Å²) in [5.74, 6) is 0.350. The molecule has 0 aliphatic carbocycles. The van der Waals surface area contributed by atoms with Gasteiger partial charge in [0.25, 0.3) is 5.91 Å². The molecule has 0 spiro atoms. The topological polar surface area (TPSA) is 50.7 Å². The predicted octanol–water partition coefficient (Wildman–Crippen LogP) is 5.13. The zero-order valence-corrected chi connectivity index (χ0v) is 16.1. The van der Waals surface area contributed by atoms with Crippen LogP contribution in [0.2, 0.25) is 5.02 Å². The van der Waals surface area contributed by atoms with Crippen molar-refractivity contribution in [3.05, 3.63) is 64.7 Å². The van der Waals surface area contributed by atoms with E-state index in [0.29, 0.717) is 10.8 Å². The average molecular weight is 373 g/mol. The quantitative estimate of drug-likeness (QED) is 0.377. The number of ether oxygens (including phenoxy) is 1. The molecular formula is C21H25ClN2O2. The van der Waals surface area contributed by atoms with Crippen molar-refractivity contribution in [1.82, 2.24) is 5.43 Å². The van der Waals surface area contributed by atoms with Crippen LogP contribution in [0.15, 0.2) is 53.6 Å². The Morgan fingerprint density at radius 3 is 2.62 bits per heavy atom. The monoisotopic (exact) mass is 372 g/mol. The first kappa shape index (κ1) is 20.0. The molecule has 0 atom stereocenters.